The molecule has 7 heteroatoms. The number of ether oxygens (including phenoxy) is 1. The first-order chi connectivity index (χ1) is 10.7. The number of aromatic nitrogens is 3. The zero-order valence-electron chi connectivity index (χ0n) is 12.5. The van der Waals surface area contributed by atoms with Crippen LogP contribution in [-0.2, 0) is 4.74 Å². The molecule has 116 valence electrons. The molecule has 0 radical (unpaired) electrons. The predicted octanol–water partition coefficient (Wildman–Crippen LogP) is 1.91. The van der Waals surface area contributed by atoms with E-state index in [1.54, 1.807) is 15.8 Å². The summed E-state index contributed by atoms with van der Waals surface area (Å²) >= 11 is 0. The molecule has 1 fully saturated rings. The van der Waals surface area contributed by atoms with E-state index in [2.05, 4.69) is 15.6 Å². The summed E-state index contributed by atoms with van der Waals surface area (Å²) in [5.41, 5.74) is 0.850. The molecular formula is C15H19N5O2. The van der Waals surface area contributed by atoms with Crippen LogP contribution in [-0.4, -0.2) is 51.7 Å². The summed E-state index contributed by atoms with van der Waals surface area (Å²) in [5.74, 6) is 0.550. The van der Waals surface area contributed by atoms with E-state index in [4.69, 9.17) is 4.74 Å². The van der Waals surface area contributed by atoms with Crippen LogP contribution in [0.3, 0.4) is 0 Å². The summed E-state index contributed by atoms with van der Waals surface area (Å²) in [6.07, 6.45) is 2.43. The minimum atomic E-state index is -0.156. The summed E-state index contributed by atoms with van der Waals surface area (Å²) in [5, 5.41) is 10.8. The fourth-order valence-corrected chi connectivity index (χ4v) is 2.45. The van der Waals surface area contributed by atoms with Gasteiger partial charge in [0.15, 0.2) is 5.82 Å². The molecule has 0 saturated carbocycles. The molecule has 1 N–H and O–H groups in total. The highest BCUT2D eigenvalue weighted by Crippen LogP contribution is 2.14. The molecule has 1 aliphatic rings. The molecule has 0 spiro atoms. The first-order valence-corrected chi connectivity index (χ1v) is 7.37. The van der Waals surface area contributed by atoms with Gasteiger partial charge in [-0.05, 0) is 25.5 Å². The van der Waals surface area contributed by atoms with Gasteiger partial charge in [0.2, 0.25) is 0 Å². The molecule has 1 aromatic heterocycles. The van der Waals surface area contributed by atoms with Gasteiger partial charge in [0.1, 0.15) is 0 Å². The fourth-order valence-electron chi connectivity index (χ4n) is 2.45. The number of carbonyl (C=O) groups excluding carboxylic acids is 1. The number of nitrogens with one attached hydrogen (secondary N) is 1. The highest BCUT2D eigenvalue weighted by molar-refractivity contribution is 5.88. The Balaban J connectivity index is 1.73. The second kappa shape index (κ2) is 6.57. The van der Waals surface area contributed by atoms with Crippen molar-refractivity contribution in [3.05, 3.63) is 36.5 Å². The Morgan fingerprint density at radius 2 is 2.18 bits per heavy atom. The molecule has 3 rings (SSSR count). The SMILES string of the molecule is CC1CN(C(=O)Nc2cnnn2-c2ccccc2)CCCO1. The molecule has 1 saturated heterocycles. The van der Waals surface area contributed by atoms with E-state index < -0.39 is 0 Å². The van der Waals surface area contributed by atoms with Gasteiger partial charge in [-0.1, -0.05) is 23.4 Å². The number of hydrogen-bond acceptors (Lipinski definition) is 4. The number of anilines is 1. The Morgan fingerprint density at radius 3 is 3.00 bits per heavy atom. The van der Waals surface area contributed by atoms with Crippen molar-refractivity contribution in [1.29, 1.82) is 0 Å². The van der Waals surface area contributed by atoms with Crippen LogP contribution >= 0.6 is 0 Å². The lowest BCUT2D eigenvalue weighted by Gasteiger charge is -2.22. The van der Waals surface area contributed by atoms with Gasteiger partial charge in [-0.3, -0.25) is 5.32 Å². The molecule has 2 amide bonds. The lowest BCUT2D eigenvalue weighted by atomic mass is 10.3. The molecule has 0 aliphatic carbocycles. The number of benzene rings is 1. The first kappa shape index (κ1) is 14.5. The minimum Gasteiger partial charge on any atom is -0.377 e. The largest absolute Gasteiger partial charge is 0.377 e. The van der Waals surface area contributed by atoms with Gasteiger partial charge in [-0.25, -0.2) is 4.79 Å². The standard InChI is InChI=1S/C15H19N5O2/c1-12-11-19(8-5-9-22-12)15(21)17-14-10-16-18-20(14)13-6-3-2-4-7-13/h2-4,6-7,10,12H,5,8-9,11H2,1H3,(H,17,21). The molecule has 1 unspecified atom stereocenters. The average molecular weight is 301 g/mol. The van der Waals surface area contributed by atoms with E-state index in [0.29, 0.717) is 25.5 Å². The third kappa shape index (κ3) is 3.25. The van der Waals surface area contributed by atoms with E-state index >= 15 is 0 Å². The number of hydrogen-bond donors (Lipinski definition) is 1. The smallest absolute Gasteiger partial charge is 0.323 e. The zero-order valence-corrected chi connectivity index (χ0v) is 12.5. The van der Waals surface area contributed by atoms with Crippen molar-refractivity contribution in [1.82, 2.24) is 19.9 Å². The maximum absolute atomic E-state index is 12.4. The Hall–Kier alpha value is -2.41. The molecule has 7 nitrogen and oxygen atoms in total. The Bertz CT molecular complexity index is 628. The summed E-state index contributed by atoms with van der Waals surface area (Å²) < 4.78 is 7.17. The Kier molecular flexibility index (Phi) is 4.34. The normalized spacial score (nSPS) is 18.8. The summed E-state index contributed by atoms with van der Waals surface area (Å²) in [6.45, 7) is 3.93. The molecule has 1 atom stereocenters. The van der Waals surface area contributed by atoms with Gasteiger partial charge in [-0.2, -0.15) is 4.68 Å². The van der Waals surface area contributed by atoms with Crippen molar-refractivity contribution < 1.29 is 9.53 Å². The van der Waals surface area contributed by atoms with Crippen LogP contribution in [0.25, 0.3) is 5.69 Å². The van der Waals surface area contributed by atoms with Crippen LogP contribution in [0.1, 0.15) is 13.3 Å². The molecule has 0 bridgehead atoms. The summed E-state index contributed by atoms with van der Waals surface area (Å²) in [4.78, 5) is 14.2. The molecule has 22 heavy (non-hydrogen) atoms. The van der Waals surface area contributed by atoms with Crippen LogP contribution in [0.5, 0.6) is 0 Å². The number of rotatable bonds is 2. The second-order valence-corrected chi connectivity index (χ2v) is 5.28. The van der Waals surface area contributed by atoms with E-state index in [9.17, 15) is 4.79 Å². The number of amides is 2. The van der Waals surface area contributed by atoms with Crippen molar-refractivity contribution >= 4 is 11.8 Å². The van der Waals surface area contributed by atoms with Gasteiger partial charge in [0.05, 0.1) is 18.0 Å². The van der Waals surface area contributed by atoms with E-state index in [0.717, 1.165) is 12.1 Å². The van der Waals surface area contributed by atoms with Crippen LogP contribution in [0.4, 0.5) is 10.6 Å². The Labute approximate surface area is 128 Å². The van der Waals surface area contributed by atoms with Gasteiger partial charge >= 0.3 is 6.03 Å². The average Bonchev–Trinajstić information content (AvgIpc) is 2.88. The van der Waals surface area contributed by atoms with E-state index in [1.165, 1.54) is 0 Å². The van der Waals surface area contributed by atoms with Gasteiger partial charge in [0.25, 0.3) is 0 Å². The van der Waals surface area contributed by atoms with Crippen LogP contribution < -0.4 is 5.32 Å². The lowest BCUT2D eigenvalue weighted by Crippen LogP contribution is -2.39. The number of carbonyl (C=O) groups is 1. The molecule has 2 aromatic rings. The zero-order chi connectivity index (χ0) is 15.4. The maximum atomic E-state index is 12.4. The van der Waals surface area contributed by atoms with Gasteiger partial charge in [-0.15, -0.1) is 5.10 Å². The van der Waals surface area contributed by atoms with Crippen molar-refractivity contribution in [3.63, 3.8) is 0 Å². The van der Waals surface area contributed by atoms with Crippen LogP contribution in [0, 0.1) is 0 Å². The second-order valence-electron chi connectivity index (χ2n) is 5.28. The van der Waals surface area contributed by atoms with Crippen molar-refractivity contribution in [2.45, 2.75) is 19.4 Å². The first-order valence-electron chi connectivity index (χ1n) is 7.37. The van der Waals surface area contributed by atoms with Gasteiger partial charge in [0, 0.05) is 19.7 Å². The molecule has 1 aromatic carbocycles. The molecular weight excluding hydrogens is 282 g/mol. The Morgan fingerprint density at radius 1 is 1.36 bits per heavy atom. The highest BCUT2D eigenvalue weighted by Gasteiger charge is 2.21. The van der Waals surface area contributed by atoms with Gasteiger partial charge < -0.3 is 9.64 Å². The maximum Gasteiger partial charge on any atom is 0.323 e. The monoisotopic (exact) mass is 301 g/mol. The quantitative estimate of drug-likeness (QED) is 0.919. The van der Waals surface area contributed by atoms with Crippen molar-refractivity contribution in [2.24, 2.45) is 0 Å². The van der Waals surface area contributed by atoms with Crippen molar-refractivity contribution in [3.8, 4) is 5.69 Å². The third-order valence-electron chi connectivity index (χ3n) is 3.52. The van der Waals surface area contributed by atoms with Crippen LogP contribution in [0.15, 0.2) is 36.5 Å². The minimum absolute atomic E-state index is 0.0467. The van der Waals surface area contributed by atoms with Crippen LogP contribution in [0.2, 0.25) is 0 Å². The number of urea groups is 1. The lowest BCUT2D eigenvalue weighted by molar-refractivity contribution is 0.0718. The fraction of sp³-hybridized carbons (Fsp3) is 0.400. The highest BCUT2D eigenvalue weighted by atomic mass is 16.5. The van der Waals surface area contributed by atoms with Crippen molar-refractivity contribution in [2.75, 3.05) is 25.0 Å². The van der Waals surface area contributed by atoms with E-state index in [-0.39, 0.29) is 12.1 Å². The summed E-state index contributed by atoms with van der Waals surface area (Å²) in [7, 11) is 0. The molecule has 1 aliphatic heterocycles. The predicted molar refractivity (Wildman–Crippen MR) is 82.0 cm³/mol. The molecule has 2 heterocycles. The van der Waals surface area contributed by atoms with E-state index in [1.807, 2.05) is 37.3 Å². The number of para-hydroxylation sites is 1. The topological polar surface area (TPSA) is 72.3 Å². The third-order valence-corrected chi connectivity index (χ3v) is 3.52. The summed E-state index contributed by atoms with van der Waals surface area (Å²) in [6, 6.07) is 9.42. The number of nitrogens with zero attached hydrogens (tertiary/aromatic N) is 4.